The number of allylic oxidation sites excluding steroid dienone is 1. The first-order valence-corrected chi connectivity index (χ1v) is 7.86. The van der Waals surface area contributed by atoms with E-state index in [9.17, 15) is 14.4 Å². The third-order valence-electron chi connectivity index (χ3n) is 4.22. The fraction of sp³-hybridized carbons (Fsp3) is 0.0500. The predicted octanol–water partition coefficient (Wildman–Crippen LogP) is 2.82. The molecule has 2 heterocycles. The summed E-state index contributed by atoms with van der Waals surface area (Å²) in [6.07, 6.45) is 1.56. The zero-order chi connectivity index (χ0) is 18.4. The van der Waals surface area contributed by atoms with E-state index < -0.39 is 17.3 Å². The van der Waals surface area contributed by atoms with Crippen LogP contribution in [0.25, 0.3) is 17.0 Å². The van der Waals surface area contributed by atoms with Crippen molar-refractivity contribution in [1.82, 2.24) is 0 Å². The van der Waals surface area contributed by atoms with Crippen molar-refractivity contribution in [2.75, 3.05) is 0 Å². The second kappa shape index (κ2) is 5.70. The molecular formula is C20H13NO5. The third kappa shape index (κ3) is 2.39. The number of nitrogens with two attached hydrogens (primary N) is 1. The van der Waals surface area contributed by atoms with Gasteiger partial charge in [-0.15, -0.1) is 0 Å². The number of amides is 1. The van der Waals surface area contributed by atoms with E-state index in [2.05, 4.69) is 0 Å². The molecule has 6 nitrogen and oxygen atoms in total. The average molecular weight is 347 g/mol. The minimum Gasteiger partial charge on any atom is -0.451 e. The molecule has 128 valence electrons. The van der Waals surface area contributed by atoms with E-state index >= 15 is 0 Å². The maximum atomic E-state index is 12.9. The summed E-state index contributed by atoms with van der Waals surface area (Å²) in [5, 5.41) is 0.468. The highest BCUT2D eigenvalue weighted by atomic mass is 16.5. The summed E-state index contributed by atoms with van der Waals surface area (Å²) in [5.41, 5.74) is 6.41. The van der Waals surface area contributed by atoms with E-state index in [1.54, 1.807) is 13.0 Å². The van der Waals surface area contributed by atoms with Crippen LogP contribution in [0.15, 0.2) is 57.4 Å². The molecule has 0 unspecified atom stereocenters. The van der Waals surface area contributed by atoms with Gasteiger partial charge in [0.2, 0.25) is 5.78 Å². The molecule has 0 atom stereocenters. The zero-order valence-electron chi connectivity index (χ0n) is 13.7. The SMILES string of the molecule is Cc1cc(=O)oc2c3c(c(C(N)=O)cc12)O/C(=C\c1ccccc1)C3=O. The molecule has 0 radical (unpaired) electrons. The van der Waals surface area contributed by atoms with E-state index in [0.717, 1.165) is 5.56 Å². The molecule has 3 aromatic rings. The molecule has 0 bridgehead atoms. The third-order valence-corrected chi connectivity index (χ3v) is 4.22. The fourth-order valence-electron chi connectivity index (χ4n) is 3.00. The highest BCUT2D eigenvalue weighted by molar-refractivity contribution is 6.22. The standard InChI is InChI=1S/C20H13NO5/c1-10-7-15(22)26-18-12(10)9-13(20(21)24)19-16(18)17(23)14(25-19)8-11-5-3-2-4-6-11/h2-9H,1H3,(H2,21,24)/b14-8-. The summed E-state index contributed by atoms with van der Waals surface area (Å²) in [4.78, 5) is 36.6. The Morgan fingerprint density at radius 2 is 1.85 bits per heavy atom. The van der Waals surface area contributed by atoms with Crippen molar-refractivity contribution < 1.29 is 18.7 Å². The van der Waals surface area contributed by atoms with E-state index in [1.807, 2.05) is 30.3 Å². The number of carbonyl (C=O) groups is 2. The Morgan fingerprint density at radius 3 is 2.54 bits per heavy atom. The Bertz CT molecular complexity index is 1170. The van der Waals surface area contributed by atoms with Crippen molar-refractivity contribution in [3.63, 3.8) is 0 Å². The number of benzene rings is 2. The highest BCUT2D eigenvalue weighted by Crippen LogP contribution is 2.40. The number of hydrogen-bond acceptors (Lipinski definition) is 5. The lowest BCUT2D eigenvalue weighted by Crippen LogP contribution is -2.13. The number of rotatable bonds is 2. The molecule has 0 fully saturated rings. The minimum absolute atomic E-state index is 0.0194. The van der Waals surface area contributed by atoms with Gasteiger partial charge < -0.3 is 14.9 Å². The first-order valence-electron chi connectivity index (χ1n) is 7.86. The molecule has 4 rings (SSSR count). The van der Waals surface area contributed by atoms with Crippen LogP contribution in [0.4, 0.5) is 0 Å². The normalized spacial score (nSPS) is 14.5. The molecule has 2 aromatic carbocycles. The minimum atomic E-state index is -0.734. The molecule has 0 saturated carbocycles. The van der Waals surface area contributed by atoms with E-state index in [0.29, 0.717) is 10.9 Å². The van der Waals surface area contributed by atoms with Gasteiger partial charge in [0.25, 0.3) is 5.91 Å². The summed E-state index contributed by atoms with van der Waals surface area (Å²) >= 11 is 0. The Morgan fingerprint density at radius 1 is 1.12 bits per heavy atom. The molecule has 1 amide bonds. The van der Waals surface area contributed by atoms with Crippen molar-refractivity contribution in [3.8, 4) is 5.75 Å². The number of fused-ring (bicyclic) bond motifs is 3. The van der Waals surface area contributed by atoms with E-state index in [-0.39, 0.29) is 28.2 Å². The monoisotopic (exact) mass is 347 g/mol. The van der Waals surface area contributed by atoms with Gasteiger partial charge in [-0.2, -0.15) is 0 Å². The van der Waals surface area contributed by atoms with Crippen molar-refractivity contribution in [3.05, 3.63) is 80.9 Å². The number of hydrogen-bond donors (Lipinski definition) is 1. The fourth-order valence-corrected chi connectivity index (χ4v) is 3.00. The summed E-state index contributed by atoms with van der Waals surface area (Å²) in [6, 6.07) is 11.9. The maximum Gasteiger partial charge on any atom is 0.336 e. The van der Waals surface area contributed by atoms with Crippen LogP contribution in [0, 0.1) is 6.92 Å². The average Bonchev–Trinajstić information content (AvgIpc) is 2.92. The van der Waals surface area contributed by atoms with Crippen LogP contribution in [0.2, 0.25) is 0 Å². The first-order chi connectivity index (χ1) is 12.5. The van der Waals surface area contributed by atoms with Gasteiger partial charge in [-0.3, -0.25) is 9.59 Å². The molecular weight excluding hydrogens is 334 g/mol. The Balaban J connectivity index is 2.01. The van der Waals surface area contributed by atoms with Crippen molar-refractivity contribution in [1.29, 1.82) is 0 Å². The van der Waals surface area contributed by atoms with Crippen LogP contribution in [-0.2, 0) is 0 Å². The molecule has 26 heavy (non-hydrogen) atoms. The number of ether oxygens (including phenoxy) is 1. The lowest BCUT2D eigenvalue weighted by Gasteiger charge is -2.07. The molecule has 1 aliphatic heterocycles. The Hall–Kier alpha value is -3.67. The van der Waals surface area contributed by atoms with Crippen molar-refractivity contribution in [2.24, 2.45) is 5.73 Å². The van der Waals surface area contributed by atoms with Crippen molar-refractivity contribution in [2.45, 2.75) is 6.92 Å². The molecule has 2 N–H and O–H groups in total. The quantitative estimate of drug-likeness (QED) is 0.567. The second-order valence-electron chi connectivity index (χ2n) is 5.97. The van der Waals surface area contributed by atoms with Gasteiger partial charge in [-0.1, -0.05) is 30.3 Å². The van der Waals surface area contributed by atoms with E-state index in [4.69, 9.17) is 14.9 Å². The first kappa shape index (κ1) is 15.8. The maximum absolute atomic E-state index is 12.9. The summed E-state index contributed by atoms with van der Waals surface area (Å²) in [7, 11) is 0. The summed E-state index contributed by atoms with van der Waals surface area (Å²) in [5.74, 6) is -1.15. The van der Waals surface area contributed by atoms with Gasteiger partial charge >= 0.3 is 5.63 Å². The smallest absolute Gasteiger partial charge is 0.336 e. The van der Waals surface area contributed by atoms with Crippen LogP contribution in [0.1, 0.15) is 31.8 Å². The highest BCUT2D eigenvalue weighted by Gasteiger charge is 2.35. The van der Waals surface area contributed by atoms with E-state index in [1.165, 1.54) is 12.1 Å². The second-order valence-corrected chi connectivity index (χ2v) is 5.97. The lowest BCUT2D eigenvalue weighted by molar-refractivity contribution is 0.0991. The molecule has 0 aliphatic carbocycles. The van der Waals surface area contributed by atoms with Gasteiger partial charge in [-0.05, 0) is 30.2 Å². The molecule has 1 aliphatic rings. The number of ketones is 1. The number of Topliss-reactive ketones (excluding diaryl/α,β-unsaturated/α-hetero) is 1. The van der Waals surface area contributed by atoms with Gasteiger partial charge in [0.15, 0.2) is 17.1 Å². The Labute approximate surface area is 147 Å². The van der Waals surface area contributed by atoms with Crippen LogP contribution < -0.4 is 16.1 Å². The summed E-state index contributed by atoms with van der Waals surface area (Å²) in [6.45, 7) is 1.69. The van der Waals surface area contributed by atoms with Gasteiger partial charge in [0, 0.05) is 11.5 Å². The predicted molar refractivity (Wildman–Crippen MR) is 95.1 cm³/mol. The van der Waals surface area contributed by atoms with Gasteiger partial charge in [0.05, 0.1) is 5.56 Å². The van der Waals surface area contributed by atoms with Crippen molar-refractivity contribution >= 4 is 28.7 Å². The van der Waals surface area contributed by atoms with Crippen LogP contribution >= 0.6 is 0 Å². The lowest BCUT2D eigenvalue weighted by atomic mass is 9.99. The van der Waals surface area contributed by atoms with Gasteiger partial charge in [0.1, 0.15) is 5.56 Å². The van der Waals surface area contributed by atoms with Gasteiger partial charge in [-0.25, -0.2) is 4.79 Å². The van der Waals surface area contributed by atoms with Crippen LogP contribution in [0.5, 0.6) is 5.75 Å². The van der Waals surface area contributed by atoms with Crippen LogP contribution in [-0.4, -0.2) is 11.7 Å². The summed E-state index contributed by atoms with van der Waals surface area (Å²) < 4.78 is 10.9. The Kier molecular flexibility index (Phi) is 3.47. The largest absolute Gasteiger partial charge is 0.451 e. The topological polar surface area (TPSA) is 99.6 Å². The molecule has 1 aromatic heterocycles. The number of carbonyl (C=O) groups excluding carboxylic acids is 2. The number of primary amides is 1. The molecule has 6 heteroatoms. The number of aryl methyl sites for hydroxylation is 1. The van der Waals surface area contributed by atoms with Crippen LogP contribution in [0.3, 0.4) is 0 Å². The molecule has 0 saturated heterocycles. The molecule has 0 spiro atoms. The zero-order valence-corrected chi connectivity index (χ0v) is 13.7.